The molecular formula is C15H13N3. The van der Waals surface area contributed by atoms with Crippen molar-refractivity contribution < 1.29 is 0 Å². The molecule has 0 saturated carbocycles. The van der Waals surface area contributed by atoms with Gasteiger partial charge < -0.3 is 0 Å². The van der Waals surface area contributed by atoms with Gasteiger partial charge in [0.2, 0.25) is 0 Å². The number of hydrogen-bond acceptors (Lipinski definition) is 2. The van der Waals surface area contributed by atoms with Crippen LogP contribution >= 0.6 is 0 Å². The summed E-state index contributed by atoms with van der Waals surface area (Å²) in [6.45, 7) is 2.28. The number of benzene rings is 1. The molecular weight excluding hydrogens is 222 g/mol. The second-order valence-electron chi connectivity index (χ2n) is 4.98. The normalized spacial score (nSPS) is 17.5. The summed E-state index contributed by atoms with van der Waals surface area (Å²) in [6.07, 6.45) is 4.93. The predicted octanol–water partition coefficient (Wildman–Crippen LogP) is 3.28. The summed E-state index contributed by atoms with van der Waals surface area (Å²) in [5.74, 6) is 0.555. The third-order valence-corrected chi connectivity index (χ3v) is 3.85. The van der Waals surface area contributed by atoms with E-state index in [1.54, 1.807) is 0 Å². The fourth-order valence-electron chi connectivity index (χ4n) is 3.01. The molecule has 3 nitrogen and oxygen atoms in total. The number of aromatic amines is 1. The molecule has 1 atom stereocenters. The Morgan fingerprint density at radius 2 is 2.11 bits per heavy atom. The summed E-state index contributed by atoms with van der Waals surface area (Å²) >= 11 is 0. The molecule has 0 spiro atoms. The van der Waals surface area contributed by atoms with Crippen molar-refractivity contribution in [3.05, 3.63) is 47.8 Å². The van der Waals surface area contributed by atoms with E-state index in [-0.39, 0.29) is 0 Å². The first-order valence-corrected chi connectivity index (χ1v) is 6.25. The van der Waals surface area contributed by atoms with Crippen LogP contribution in [0.25, 0.3) is 22.2 Å². The van der Waals surface area contributed by atoms with Gasteiger partial charge in [0.15, 0.2) is 5.65 Å². The van der Waals surface area contributed by atoms with Crippen LogP contribution in [0.15, 0.2) is 36.7 Å². The molecule has 18 heavy (non-hydrogen) atoms. The molecule has 3 heteroatoms. The lowest BCUT2D eigenvalue weighted by atomic mass is 9.79. The smallest absolute Gasteiger partial charge is 0.155 e. The third kappa shape index (κ3) is 1.19. The highest BCUT2D eigenvalue weighted by atomic mass is 15.1. The van der Waals surface area contributed by atoms with Crippen LogP contribution in [0.2, 0.25) is 0 Å². The Labute approximate surface area is 105 Å². The van der Waals surface area contributed by atoms with Gasteiger partial charge in [0.05, 0.1) is 6.20 Å². The molecule has 0 fully saturated rings. The first-order valence-electron chi connectivity index (χ1n) is 6.25. The van der Waals surface area contributed by atoms with Gasteiger partial charge in [-0.3, -0.25) is 5.10 Å². The van der Waals surface area contributed by atoms with Crippen molar-refractivity contribution in [1.29, 1.82) is 0 Å². The van der Waals surface area contributed by atoms with Gasteiger partial charge >= 0.3 is 0 Å². The van der Waals surface area contributed by atoms with Gasteiger partial charge in [-0.15, -0.1) is 0 Å². The Hall–Kier alpha value is -2.16. The number of aromatic nitrogens is 3. The van der Waals surface area contributed by atoms with Gasteiger partial charge in [-0.25, -0.2) is 4.98 Å². The standard InChI is InChI=1S/C15H13N3/c1-9-6-10-7-16-15-13(8-17-18-15)14(10)12-5-3-2-4-11(9)12/h2-5,7-9H,6H2,1H3,(H,16,17,18). The average Bonchev–Trinajstić information content (AvgIpc) is 2.87. The molecule has 0 amide bonds. The van der Waals surface area contributed by atoms with Crippen molar-refractivity contribution in [3.8, 4) is 11.1 Å². The molecule has 1 N–H and O–H groups in total. The number of H-pyrrole nitrogens is 1. The lowest BCUT2D eigenvalue weighted by molar-refractivity contribution is 0.748. The Morgan fingerprint density at radius 3 is 3.06 bits per heavy atom. The number of rotatable bonds is 0. The van der Waals surface area contributed by atoms with E-state index >= 15 is 0 Å². The van der Waals surface area contributed by atoms with Crippen molar-refractivity contribution in [3.63, 3.8) is 0 Å². The summed E-state index contributed by atoms with van der Waals surface area (Å²) < 4.78 is 0. The average molecular weight is 235 g/mol. The zero-order chi connectivity index (χ0) is 12.1. The van der Waals surface area contributed by atoms with Crippen LogP contribution in [-0.2, 0) is 6.42 Å². The number of pyridine rings is 1. The van der Waals surface area contributed by atoms with E-state index in [9.17, 15) is 0 Å². The Kier molecular flexibility index (Phi) is 1.87. The van der Waals surface area contributed by atoms with Crippen LogP contribution in [-0.4, -0.2) is 15.2 Å². The SMILES string of the molecule is CC1Cc2cnc3[nH]ncc3c2-c2ccccc21. The van der Waals surface area contributed by atoms with E-state index in [0.717, 1.165) is 17.5 Å². The number of nitrogens with zero attached hydrogens (tertiary/aromatic N) is 2. The summed E-state index contributed by atoms with van der Waals surface area (Å²) in [5, 5.41) is 8.20. The van der Waals surface area contributed by atoms with Gasteiger partial charge in [0.25, 0.3) is 0 Å². The fourth-order valence-corrected chi connectivity index (χ4v) is 3.01. The van der Waals surface area contributed by atoms with Crippen molar-refractivity contribution >= 4 is 11.0 Å². The summed E-state index contributed by atoms with van der Waals surface area (Å²) in [4.78, 5) is 4.44. The van der Waals surface area contributed by atoms with Crippen LogP contribution in [0.4, 0.5) is 0 Å². The van der Waals surface area contributed by atoms with E-state index in [1.165, 1.54) is 22.3 Å². The van der Waals surface area contributed by atoms with Crippen molar-refractivity contribution in [2.45, 2.75) is 19.3 Å². The number of nitrogens with one attached hydrogen (secondary N) is 1. The molecule has 2 heterocycles. The molecule has 1 aliphatic carbocycles. The zero-order valence-electron chi connectivity index (χ0n) is 10.1. The quantitative estimate of drug-likeness (QED) is 0.649. The Bertz CT molecular complexity index is 742. The molecule has 0 radical (unpaired) electrons. The van der Waals surface area contributed by atoms with Crippen LogP contribution in [0.1, 0.15) is 24.0 Å². The molecule has 0 saturated heterocycles. The molecule has 1 aliphatic rings. The van der Waals surface area contributed by atoms with Crippen molar-refractivity contribution in [2.24, 2.45) is 0 Å². The molecule has 2 aromatic heterocycles. The second kappa shape index (κ2) is 3.42. The highest BCUT2D eigenvalue weighted by molar-refractivity contribution is 5.95. The van der Waals surface area contributed by atoms with E-state index in [0.29, 0.717) is 5.92 Å². The second-order valence-corrected chi connectivity index (χ2v) is 4.98. The van der Waals surface area contributed by atoms with E-state index in [1.807, 2.05) is 12.4 Å². The topological polar surface area (TPSA) is 41.6 Å². The summed E-state index contributed by atoms with van der Waals surface area (Å²) in [6, 6.07) is 8.66. The van der Waals surface area contributed by atoms with Crippen molar-refractivity contribution in [2.75, 3.05) is 0 Å². The summed E-state index contributed by atoms with van der Waals surface area (Å²) in [7, 11) is 0. The minimum atomic E-state index is 0.555. The van der Waals surface area contributed by atoms with E-state index < -0.39 is 0 Å². The van der Waals surface area contributed by atoms with Gasteiger partial charge in [-0.05, 0) is 34.6 Å². The zero-order valence-corrected chi connectivity index (χ0v) is 10.1. The number of fused-ring (bicyclic) bond motifs is 5. The molecule has 88 valence electrons. The predicted molar refractivity (Wildman–Crippen MR) is 71.4 cm³/mol. The number of hydrogen-bond donors (Lipinski definition) is 1. The first-order chi connectivity index (χ1) is 8.84. The van der Waals surface area contributed by atoms with Gasteiger partial charge in [0.1, 0.15) is 0 Å². The lowest BCUT2D eigenvalue weighted by Gasteiger charge is -2.25. The molecule has 1 aromatic carbocycles. The highest BCUT2D eigenvalue weighted by Crippen LogP contribution is 2.41. The molecule has 1 unspecified atom stereocenters. The van der Waals surface area contributed by atoms with Crippen molar-refractivity contribution in [1.82, 2.24) is 15.2 Å². The summed E-state index contributed by atoms with van der Waals surface area (Å²) in [5.41, 5.74) is 6.27. The maximum absolute atomic E-state index is 4.44. The molecule has 0 bridgehead atoms. The maximum Gasteiger partial charge on any atom is 0.155 e. The monoisotopic (exact) mass is 235 g/mol. The first kappa shape index (κ1) is 9.83. The van der Waals surface area contributed by atoms with Gasteiger partial charge in [-0.1, -0.05) is 31.2 Å². The van der Waals surface area contributed by atoms with E-state index in [2.05, 4.69) is 46.4 Å². The third-order valence-electron chi connectivity index (χ3n) is 3.85. The van der Waals surface area contributed by atoms with E-state index in [4.69, 9.17) is 0 Å². The minimum absolute atomic E-state index is 0.555. The molecule has 4 rings (SSSR count). The van der Waals surface area contributed by atoms with Crippen LogP contribution < -0.4 is 0 Å². The largest absolute Gasteiger partial charge is 0.261 e. The Balaban J connectivity index is 2.14. The van der Waals surface area contributed by atoms with Gasteiger partial charge in [0, 0.05) is 11.6 Å². The minimum Gasteiger partial charge on any atom is -0.261 e. The van der Waals surface area contributed by atoms with Crippen LogP contribution in [0.5, 0.6) is 0 Å². The van der Waals surface area contributed by atoms with Crippen LogP contribution in [0, 0.1) is 0 Å². The van der Waals surface area contributed by atoms with Crippen LogP contribution in [0.3, 0.4) is 0 Å². The Morgan fingerprint density at radius 1 is 1.22 bits per heavy atom. The highest BCUT2D eigenvalue weighted by Gasteiger charge is 2.23. The maximum atomic E-state index is 4.44. The lowest BCUT2D eigenvalue weighted by Crippen LogP contribution is -2.09. The molecule has 3 aromatic rings. The fraction of sp³-hybridized carbons (Fsp3) is 0.200. The van der Waals surface area contributed by atoms with Gasteiger partial charge in [-0.2, -0.15) is 5.10 Å². The molecule has 0 aliphatic heterocycles.